The summed E-state index contributed by atoms with van der Waals surface area (Å²) in [6, 6.07) is 18.4. The highest BCUT2D eigenvalue weighted by Crippen LogP contribution is 2.26. The van der Waals surface area contributed by atoms with Crippen LogP contribution in [0.1, 0.15) is 21.1 Å². The molecule has 4 rings (SSSR count). The third kappa shape index (κ3) is 3.22. The zero-order chi connectivity index (χ0) is 17.2. The molecule has 0 aliphatic carbocycles. The predicted octanol–water partition coefficient (Wildman–Crippen LogP) is 5.42. The van der Waals surface area contributed by atoms with E-state index in [9.17, 15) is 4.79 Å². The number of fused-ring (bicyclic) bond motifs is 1. The first kappa shape index (κ1) is 15.4. The molecule has 0 aliphatic rings. The lowest BCUT2D eigenvalue weighted by Crippen LogP contribution is -1.94. The summed E-state index contributed by atoms with van der Waals surface area (Å²) in [5.41, 5.74) is 2.08. The first-order chi connectivity index (χ1) is 12.2. The van der Waals surface area contributed by atoms with Crippen LogP contribution in [-0.2, 0) is 0 Å². The summed E-state index contributed by atoms with van der Waals surface area (Å²) < 4.78 is 6.96. The third-order valence-corrected chi connectivity index (χ3v) is 4.75. The van der Waals surface area contributed by atoms with Gasteiger partial charge >= 0.3 is 5.97 Å². The van der Waals surface area contributed by atoms with Crippen LogP contribution in [0.2, 0.25) is 0 Å². The number of nitrogens with zero attached hydrogens (tertiary/aromatic N) is 1. The van der Waals surface area contributed by atoms with E-state index in [0.29, 0.717) is 5.76 Å². The van der Waals surface area contributed by atoms with Gasteiger partial charge in [-0.25, -0.2) is 9.78 Å². The fourth-order valence-corrected chi connectivity index (χ4v) is 3.36. The zero-order valence-electron chi connectivity index (χ0n) is 13.0. The Kier molecular flexibility index (Phi) is 3.91. The molecule has 0 unspecified atom stereocenters. The van der Waals surface area contributed by atoms with E-state index < -0.39 is 5.97 Å². The SMILES string of the molecule is O=C(O)c1ccc(-c2ccc(C=Cc3nc4ccccc4s3)o2)cc1. The van der Waals surface area contributed by atoms with Crippen LogP contribution >= 0.6 is 11.3 Å². The summed E-state index contributed by atoms with van der Waals surface area (Å²) in [7, 11) is 0. The lowest BCUT2D eigenvalue weighted by Gasteiger charge is -1.98. The Balaban J connectivity index is 1.55. The molecule has 2 aromatic carbocycles. The summed E-state index contributed by atoms with van der Waals surface area (Å²) in [5.74, 6) is 0.475. The molecule has 2 heterocycles. The molecule has 0 bridgehead atoms. The Bertz CT molecular complexity index is 1040. The molecular formula is C20H13NO3S. The van der Waals surface area contributed by atoms with Gasteiger partial charge in [-0.05, 0) is 48.6 Å². The van der Waals surface area contributed by atoms with Gasteiger partial charge in [0.05, 0.1) is 15.8 Å². The minimum Gasteiger partial charge on any atom is -0.478 e. The van der Waals surface area contributed by atoms with Crippen molar-refractivity contribution in [3.8, 4) is 11.3 Å². The lowest BCUT2D eigenvalue weighted by atomic mass is 10.1. The van der Waals surface area contributed by atoms with Crippen molar-refractivity contribution in [3.05, 3.63) is 77.0 Å². The van der Waals surface area contributed by atoms with Gasteiger partial charge in [0, 0.05) is 5.56 Å². The monoisotopic (exact) mass is 347 g/mol. The van der Waals surface area contributed by atoms with Crippen LogP contribution in [0.4, 0.5) is 0 Å². The number of benzene rings is 2. The van der Waals surface area contributed by atoms with E-state index >= 15 is 0 Å². The van der Waals surface area contributed by atoms with Crippen molar-refractivity contribution in [2.24, 2.45) is 0 Å². The highest BCUT2D eigenvalue weighted by molar-refractivity contribution is 7.19. The van der Waals surface area contributed by atoms with Crippen molar-refractivity contribution in [2.45, 2.75) is 0 Å². The maximum Gasteiger partial charge on any atom is 0.335 e. The molecule has 25 heavy (non-hydrogen) atoms. The Hall–Kier alpha value is -3.18. The number of carboxylic acids is 1. The molecule has 0 atom stereocenters. The normalized spacial score (nSPS) is 11.4. The Morgan fingerprint density at radius 1 is 1.00 bits per heavy atom. The van der Waals surface area contributed by atoms with Crippen LogP contribution in [0.3, 0.4) is 0 Å². The summed E-state index contributed by atoms with van der Waals surface area (Å²) in [6.07, 6.45) is 3.81. The number of aromatic carboxylic acids is 1. The average molecular weight is 347 g/mol. The number of hydrogen-bond acceptors (Lipinski definition) is 4. The van der Waals surface area contributed by atoms with Crippen LogP contribution in [0, 0.1) is 0 Å². The minimum atomic E-state index is -0.939. The van der Waals surface area contributed by atoms with E-state index in [1.165, 1.54) is 0 Å². The van der Waals surface area contributed by atoms with Crippen molar-refractivity contribution < 1.29 is 14.3 Å². The number of aromatic nitrogens is 1. The number of carbonyl (C=O) groups is 1. The molecule has 1 N–H and O–H groups in total. The molecule has 0 saturated heterocycles. The van der Waals surface area contributed by atoms with Gasteiger partial charge in [-0.3, -0.25) is 0 Å². The first-order valence-corrected chi connectivity index (χ1v) is 8.48. The molecule has 4 nitrogen and oxygen atoms in total. The fraction of sp³-hybridized carbons (Fsp3) is 0. The second-order valence-corrected chi connectivity index (χ2v) is 6.50. The van der Waals surface area contributed by atoms with Gasteiger partial charge in [0.1, 0.15) is 16.5 Å². The van der Waals surface area contributed by atoms with Crippen molar-refractivity contribution in [3.63, 3.8) is 0 Å². The minimum absolute atomic E-state index is 0.256. The zero-order valence-corrected chi connectivity index (χ0v) is 13.9. The average Bonchev–Trinajstić information content (AvgIpc) is 3.26. The van der Waals surface area contributed by atoms with E-state index in [4.69, 9.17) is 9.52 Å². The number of hydrogen-bond donors (Lipinski definition) is 1. The molecule has 122 valence electrons. The fourth-order valence-electron chi connectivity index (χ4n) is 2.49. The second kappa shape index (κ2) is 6.37. The molecule has 4 aromatic rings. The number of thiazole rings is 1. The number of rotatable bonds is 4. The topological polar surface area (TPSA) is 63.3 Å². The lowest BCUT2D eigenvalue weighted by molar-refractivity contribution is 0.0697. The van der Waals surface area contributed by atoms with E-state index in [1.807, 2.05) is 42.5 Å². The van der Waals surface area contributed by atoms with E-state index in [2.05, 4.69) is 11.1 Å². The van der Waals surface area contributed by atoms with Crippen LogP contribution in [0.15, 0.2) is 65.1 Å². The maximum absolute atomic E-state index is 10.9. The Morgan fingerprint density at radius 2 is 1.80 bits per heavy atom. The standard InChI is InChI=1S/C20H13NO3S/c22-20(23)14-7-5-13(6-8-14)17-11-9-15(24-17)10-12-19-21-16-3-1-2-4-18(16)25-19/h1-12H,(H,22,23). The van der Waals surface area contributed by atoms with E-state index in [1.54, 1.807) is 35.6 Å². The molecular weight excluding hydrogens is 334 g/mol. The molecule has 0 radical (unpaired) electrons. The van der Waals surface area contributed by atoms with Gasteiger partial charge in [0.25, 0.3) is 0 Å². The van der Waals surface area contributed by atoms with Crippen molar-refractivity contribution in [1.29, 1.82) is 0 Å². The van der Waals surface area contributed by atoms with Crippen LogP contribution < -0.4 is 0 Å². The Labute approximate surface area is 147 Å². The molecule has 0 aliphatic heterocycles. The van der Waals surface area contributed by atoms with Crippen LogP contribution in [0.5, 0.6) is 0 Å². The molecule has 0 amide bonds. The largest absolute Gasteiger partial charge is 0.478 e. The summed E-state index contributed by atoms with van der Waals surface area (Å²) in [4.78, 5) is 15.5. The summed E-state index contributed by atoms with van der Waals surface area (Å²) in [6.45, 7) is 0. The molecule has 2 aromatic heterocycles. The molecule has 0 fully saturated rings. The highest BCUT2D eigenvalue weighted by atomic mass is 32.1. The van der Waals surface area contributed by atoms with Gasteiger partial charge in [-0.1, -0.05) is 24.3 Å². The smallest absolute Gasteiger partial charge is 0.335 e. The molecule has 0 spiro atoms. The molecule has 5 heteroatoms. The second-order valence-electron chi connectivity index (χ2n) is 5.44. The van der Waals surface area contributed by atoms with E-state index in [0.717, 1.165) is 26.5 Å². The first-order valence-electron chi connectivity index (χ1n) is 7.66. The number of para-hydroxylation sites is 1. The van der Waals surface area contributed by atoms with Crippen molar-refractivity contribution in [2.75, 3.05) is 0 Å². The highest BCUT2D eigenvalue weighted by Gasteiger charge is 2.06. The van der Waals surface area contributed by atoms with Gasteiger partial charge in [0.15, 0.2) is 0 Å². The maximum atomic E-state index is 10.9. The predicted molar refractivity (Wildman–Crippen MR) is 99.7 cm³/mol. The van der Waals surface area contributed by atoms with Crippen molar-refractivity contribution in [1.82, 2.24) is 4.98 Å². The van der Waals surface area contributed by atoms with Gasteiger partial charge in [-0.15, -0.1) is 11.3 Å². The van der Waals surface area contributed by atoms with Crippen molar-refractivity contribution >= 4 is 39.7 Å². The van der Waals surface area contributed by atoms with Crippen LogP contribution in [-0.4, -0.2) is 16.1 Å². The van der Waals surface area contributed by atoms with Gasteiger partial charge < -0.3 is 9.52 Å². The molecule has 0 saturated carbocycles. The summed E-state index contributed by atoms with van der Waals surface area (Å²) >= 11 is 1.63. The van der Waals surface area contributed by atoms with E-state index in [-0.39, 0.29) is 5.56 Å². The van der Waals surface area contributed by atoms with Crippen LogP contribution in [0.25, 0.3) is 33.7 Å². The number of carboxylic acid groups (broad SMARTS) is 1. The number of furan rings is 1. The van der Waals surface area contributed by atoms with Gasteiger partial charge in [0.2, 0.25) is 0 Å². The summed E-state index contributed by atoms with van der Waals surface area (Å²) in [5, 5.41) is 9.86. The van der Waals surface area contributed by atoms with Gasteiger partial charge in [-0.2, -0.15) is 0 Å². The Morgan fingerprint density at radius 3 is 2.56 bits per heavy atom. The third-order valence-electron chi connectivity index (χ3n) is 3.74. The quantitative estimate of drug-likeness (QED) is 0.535.